The van der Waals surface area contributed by atoms with E-state index in [4.69, 9.17) is 0 Å². The Morgan fingerprint density at radius 3 is 2.55 bits per heavy atom. The molecule has 1 aromatic heterocycles. The van der Waals surface area contributed by atoms with Crippen LogP contribution in [0.25, 0.3) is 0 Å². The van der Waals surface area contributed by atoms with Gasteiger partial charge in [-0.15, -0.1) is 5.10 Å². The lowest BCUT2D eigenvalue weighted by Crippen LogP contribution is -2.23. The molecule has 2 amide bonds. The molecule has 0 radical (unpaired) electrons. The zero-order chi connectivity index (χ0) is 21.3. The molecular weight excluding hydrogens is 457 g/mol. The van der Waals surface area contributed by atoms with Crippen LogP contribution in [0.5, 0.6) is 5.88 Å². The van der Waals surface area contributed by atoms with Crippen LogP contribution in [0, 0.1) is 6.92 Å². The van der Waals surface area contributed by atoms with E-state index in [9.17, 15) is 22.8 Å². The van der Waals surface area contributed by atoms with Crippen LogP contribution in [-0.2, 0) is 0 Å². The van der Waals surface area contributed by atoms with E-state index in [0.717, 1.165) is 12.8 Å². The van der Waals surface area contributed by atoms with Gasteiger partial charge in [0.25, 0.3) is 11.8 Å². The number of rotatable bonds is 6. The molecule has 0 saturated heterocycles. The fourth-order valence-electron chi connectivity index (χ4n) is 2.77. The number of aryl methyl sites for hydroxylation is 1. The molecular formula is C18H18BrF3N4O3. The largest absolute Gasteiger partial charge is 0.467 e. The zero-order valence-electron chi connectivity index (χ0n) is 15.6. The van der Waals surface area contributed by atoms with Gasteiger partial charge in [0.15, 0.2) is 6.61 Å². The second-order valence-electron chi connectivity index (χ2n) is 6.63. The number of hydrogen-bond acceptors (Lipinski definition) is 4. The van der Waals surface area contributed by atoms with Crippen LogP contribution < -0.4 is 15.4 Å². The lowest BCUT2D eigenvalue weighted by Gasteiger charge is -2.14. The molecule has 0 spiro atoms. The first-order valence-electron chi connectivity index (χ1n) is 8.71. The lowest BCUT2D eigenvalue weighted by atomic mass is 10.1. The number of hydrogen-bond donors (Lipinski definition) is 2. The van der Waals surface area contributed by atoms with E-state index in [2.05, 4.69) is 36.4 Å². The maximum atomic E-state index is 12.9. The number of anilines is 1. The zero-order valence-corrected chi connectivity index (χ0v) is 17.1. The SMILES string of the molecule is CNC(=O)c1cc(Br)cc(C)c1NC(=O)c1cc(OCC(F)(F)F)nn1C1CC1. The van der Waals surface area contributed by atoms with Gasteiger partial charge in [0.2, 0.25) is 5.88 Å². The highest BCUT2D eigenvalue weighted by molar-refractivity contribution is 9.10. The number of aromatic nitrogens is 2. The number of carbonyl (C=O) groups is 2. The van der Waals surface area contributed by atoms with Crippen LogP contribution >= 0.6 is 15.9 Å². The van der Waals surface area contributed by atoms with E-state index < -0.39 is 24.6 Å². The van der Waals surface area contributed by atoms with Crippen molar-refractivity contribution >= 4 is 33.4 Å². The number of carbonyl (C=O) groups excluding carboxylic acids is 2. The highest BCUT2D eigenvalue weighted by Crippen LogP contribution is 2.37. The third kappa shape index (κ3) is 5.08. The molecule has 11 heteroatoms. The molecule has 1 heterocycles. The Balaban J connectivity index is 1.90. The summed E-state index contributed by atoms with van der Waals surface area (Å²) in [7, 11) is 1.47. The van der Waals surface area contributed by atoms with Gasteiger partial charge in [0, 0.05) is 17.6 Å². The standard InChI is InChI=1S/C18H18BrF3N4O3/c1-9-5-10(19)6-12(16(27)23-2)15(9)24-17(28)13-7-14(29-8-18(20,21)22)25-26(13)11-3-4-11/h5-7,11H,3-4,8H2,1-2H3,(H,23,27)(H,24,28). The minimum absolute atomic E-state index is 0.0647. The first kappa shape index (κ1) is 21.2. The first-order valence-corrected chi connectivity index (χ1v) is 9.51. The minimum Gasteiger partial charge on any atom is -0.467 e. The molecule has 1 fully saturated rings. The predicted molar refractivity (Wildman–Crippen MR) is 102 cm³/mol. The molecule has 0 bridgehead atoms. The van der Waals surface area contributed by atoms with Crippen molar-refractivity contribution in [1.29, 1.82) is 0 Å². The highest BCUT2D eigenvalue weighted by Gasteiger charge is 2.33. The molecule has 156 valence electrons. The van der Waals surface area contributed by atoms with Gasteiger partial charge in [-0.3, -0.25) is 14.3 Å². The smallest absolute Gasteiger partial charge is 0.422 e. The van der Waals surface area contributed by atoms with Gasteiger partial charge >= 0.3 is 6.18 Å². The van der Waals surface area contributed by atoms with Crippen LogP contribution in [0.15, 0.2) is 22.7 Å². The number of benzene rings is 1. The fraction of sp³-hybridized carbons (Fsp3) is 0.389. The van der Waals surface area contributed by atoms with Crippen LogP contribution in [-0.4, -0.2) is 41.4 Å². The number of alkyl halides is 3. The summed E-state index contributed by atoms with van der Waals surface area (Å²) >= 11 is 3.32. The molecule has 0 unspecified atom stereocenters. The van der Waals surface area contributed by atoms with Gasteiger partial charge < -0.3 is 15.4 Å². The second-order valence-corrected chi connectivity index (χ2v) is 7.54. The van der Waals surface area contributed by atoms with Gasteiger partial charge in [0.1, 0.15) is 5.69 Å². The van der Waals surface area contributed by atoms with Crippen molar-refractivity contribution in [2.75, 3.05) is 19.0 Å². The summed E-state index contributed by atoms with van der Waals surface area (Å²) in [5.41, 5.74) is 1.25. The monoisotopic (exact) mass is 474 g/mol. The summed E-state index contributed by atoms with van der Waals surface area (Å²) in [6.45, 7) is 0.227. The number of amides is 2. The minimum atomic E-state index is -4.51. The summed E-state index contributed by atoms with van der Waals surface area (Å²) in [6, 6.07) is 4.41. The molecule has 1 aromatic carbocycles. The number of ether oxygens (including phenoxy) is 1. The fourth-order valence-corrected chi connectivity index (χ4v) is 3.34. The maximum Gasteiger partial charge on any atom is 0.422 e. The molecule has 29 heavy (non-hydrogen) atoms. The number of nitrogens with zero attached hydrogens (tertiary/aromatic N) is 2. The van der Waals surface area contributed by atoms with Crippen molar-refractivity contribution in [1.82, 2.24) is 15.1 Å². The third-order valence-electron chi connectivity index (χ3n) is 4.23. The Morgan fingerprint density at radius 2 is 1.97 bits per heavy atom. The maximum absolute atomic E-state index is 12.9. The Morgan fingerprint density at radius 1 is 1.28 bits per heavy atom. The summed E-state index contributed by atoms with van der Waals surface area (Å²) in [4.78, 5) is 25.1. The van der Waals surface area contributed by atoms with Gasteiger partial charge in [-0.2, -0.15) is 13.2 Å². The quantitative estimate of drug-likeness (QED) is 0.665. The Bertz CT molecular complexity index is 955. The topological polar surface area (TPSA) is 85.2 Å². The molecule has 1 saturated carbocycles. The third-order valence-corrected chi connectivity index (χ3v) is 4.69. The van der Waals surface area contributed by atoms with Crippen molar-refractivity contribution < 1.29 is 27.5 Å². The van der Waals surface area contributed by atoms with Crippen molar-refractivity contribution in [3.8, 4) is 5.88 Å². The Labute approximate surface area is 172 Å². The van der Waals surface area contributed by atoms with Crippen LogP contribution in [0.1, 0.15) is 45.3 Å². The van der Waals surface area contributed by atoms with E-state index >= 15 is 0 Å². The molecule has 1 aliphatic rings. The second kappa shape index (κ2) is 8.05. The normalized spacial score (nSPS) is 13.9. The van der Waals surface area contributed by atoms with Crippen molar-refractivity contribution in [3.63, 3.8) is 0 Å². The molecule has 1 aliphatic carbocycles. The van der Waals surface area contributed by atoms with Crippen molar-refractivity contribution in [2.45, 2.75) is 32.0 Å². The van der Waals surface area contributed by atoms with Gasteiger partial charge in [-0.05, 0) is 37.5 Å². The van der Waals surface area contributed by atoms with Crippen LogP contribution in [0.3, 0.4) is 0 Å². The summed E-state index contributed by atoms with van der Waals surface area (Å²) in [5, 5.41) is 9.19. The molecule has 0 aliphatic heterocycles. The number of nitrogens with one attached hydrogen (secondary N) is 2. The molecule has 2 aromatic rings. The predicted octanol–water partition coefficient (Wildman–Crippen LogP) is 3.84. The summed E-state index contributed by atoms with van der Waals surface area (Å²) < 4.78 is 44.0. The average Bonchev–Trinajstić information content (AvgIpc) is 3.39. The average molecular weight is 475 g/mol. The molecule has 7 nitrogen and oxygen atoms in total. The van der Waals surface area contributed by atoms with Gasteiger partial charge in [0.05, 0.1) is 17.3 Å². The van der Waals surface area contributed by atoms with E-state index in [-0.39, 0.29) is 23.2 Å². The Hall–Kier alpha value is -2.56. The highest BCUT2D eigenvalue weighted by atomic mass is 79.9. The number of halogens is 4. The molecule has 3 rings (SSSR count). The summed E-state index contributed by atoms with van der Waals surface area (Å²) in [6.07, 6.45) is -2.98. The van der Waals surface area contributed by atoms with E-state index in [1.54, 1.807) is 19.1 Å². The van der Waals surface area contributed by atoms with Crippen molar-refractivity contribution in [2.24, 2.45) is 0 Å². The van der Waals surface area contributed by atoms with Crippen molar-refractivity contribution in [3.05, 3.63) is 39.5 Å². The molecule has 0 atom stereocenters. The summed E-state index contributed by atoms with van der Waals surface area (Å²) in [5.74, 6) is -1.27. The Kier molecular flexibility index (Phi) is 5.87. The van der Waals surface area contributed by atoms with Gasteiger partial charge in [-0.25, -0.2) is 0 Å². The molecule has 2 N–H and O–H groups in total. The van der Waals surface area contributed by atoms with E-state index in [1.807, 2.05) is 0 Å². The van der Waals surface area contributed by atoms with Crippen LogP contribution in [0.2, 0.25) is 0 Å². The van der Waals surface area contributed by atoms with E-state index in [0.29, 0.717) is 15.7 Å². The van der Waals surface area contributed by atoms with Crippen LogP contribution in [0.4, 0.5) is 18.9 Å². The lowest BCUT2D eigenvalue weighted by molar-refractivity contribution is -0.154. The van der Waals surface area contributed by atoms with E-state index in [1.165, 1.54) is 17.8 Å². The van der Waals surface area contributed by atoms with Gasteiger partial charge in [-0.1, -0.05) is 15.9 Å². The first-order chi connectivity index (χ1) is 13.6.